The van der Waals surface area contributed by atoms with Gasteiger partial charge in [-0.15, -0.1) is 0 Å². The average Bonchev–Trinajstić information content (AvgIpc) is 2.67. The van der Waals surface area contributed by atoms with Crippen LogP contribution < -0.4 is 0 Å². The van der Waals surface area contributed by atoms with E-state index in [1.54, 1.807) is 0 Å². The molecule has 25 heavy (non-hydrogen) atoms. The average molecular weight is 338 g/mol. The molecule has 1 heterocycles. The zero-order chi connectivity index (χ0) is 17.6. The molecule has 1 N–H and O–H groups in total. The van der Waals surface area contributed by atoms with Crippen LogP contribution >= 0.6 is 0 Å². The molecular weight excluding hydrogens is 306 g/mol. The molecule has 2 unspecified atom stereocenters. The van der Waals surface area contributed by atoms with E-state index in [1.807, 2.05) is 0 Å². The van der Waals surface area contributed by atoms with E-state index >= 15 is 0 Å². The topological polar surface area (TPSA) is 23.5 Å². The summed E-state index contributed by atoms with van der Waals surface area (Å²) in [6.07, 6.45) is 4.66. The SMILES string of the molecule is CC(C)c1ccc(C(Cc2ccccc2)C2CCCCN2CO)cc1. The molecule has 0 amide bonds. The number of piperidine rings is 1. The molecule has 2 heteroatoms. The second-order valence-corrected chi connectivity index (χ2v) is 7.63. The largest absolute Gasteiger partial charge is 0.381 e. The molecule has 2 atom stereocenters. The van der Waals surface area contributed by atoms with Crippen LogP contribution in [0.4, 0.5) is 0 Å². The van der Waals surface area contributed by atoms with Crippen molar-refractivity contribution in [3.63, 3.8) is 0 Å². The normalized spacial score (nSPS) is 19.9. The van der Waals surface area contributed by atoms with Crippen LogP contribution in [0, 0.1) is 0 Å². The number of aliphatic hydroxyl groups excluding tert-OH is 1. The van der Waals surface area contributed by atoms with Crippen molar-refractivity contribution in [2.24, 2.45) is 0 Å². The molecule has 1 aliphatic rings. The summed E-state index contributed by atoms with van der Waals surface area (Å²) >= 11 is 0. The molecule has 0 saturated carbocycles. The number of nitrogens with zero attached hydrogens (tertiary/aromatic N) is 1. The van der Waals surface area contributed by atoms with E-state index in [-0.39, 0.29) is 6.73 Å². The van der Waals surface area contributed by atoms with Crippen molar-refractivity contribution in [3.8, 4) is 0 Å². The van der Waals surface area contributed by atoms with Gasteiger partial charge in [0.25, 0.3) is 0 Å². The van der Waals surface area contributed by atoms with E-state index in [9.17, 15) is 5.11 Å². The first-order chi connectivity index (χ1) is 12.2. The number of hydrogen-bond acceptors (Lipinski definition) is 2. The zero-order valence-corrected chi connectivity index (χ0v) is 15.6. The maximum Gasteiger partial charge on any atom is 0.0959 e. The lowest BCUT2D eigenvalue weighted by molar-refractivity contribution is 0.0322. The molecular formula is C23H31NO. The summed E-state index contributed by atoms with van der Waals surface area (Å²) in [5.74, 6) is 0.987. The molecule has 1 saturated heterocycles. The third-order valence-electron chi connectivity index (χ3n) is 5.64. The van der Waals surface area contributed by atoms with Gasteiger partial charge in [-0.25, -0.2) is 0 Å². The highest BCUT2D eigenvalue weighted by atomic mass is 16.3. The zero-order valence-electron chi connectivity index (χ0n) is 15.6. The van der Waals surface area contributed by atoms with Gasteiger partial charge in [-0.3, -0.25) is 4.90 Å². The first kappa shape index (κ1) is 18.2. The summed E-state index contributed by atoms with van der Waals surface area (Å²) in [5.41, 5.74) is 4.17. The second kappa shape index (κ2) is 8.64. The number of likely N-dealkylation sites (tertiary alicyclic amines) is 1. The second-order valence-electron chi connectivity index (χ2n) is 7.63. The minimum atomic E-state index is 0.167. The fourth-order valence-electron chi connectivity index (χ4n) is 4.12. The number of aliphatic hydroxyl groups is 1. The summed E-state index contributed by atoms with van der Waals surface area (Å²) in [6.45, 7) is 5.66. The van der Waals surface area contributed by atoms with Gasteiger partial charge < -0.3 is 5.11 Å². The van der Waals surface area contributed by atoms with Crippen LogP contribution in [0.3, 0.4) is 0 Å². The van der Waals surface area contributed by atoms with E-state index in [2.05, 4.69) is 73.3 Å². The first-order valence-corrected chi connectivity index (χ1v) is 9.67. The molecule has 2 aromatic rings. The van der Waals surface area contributed by atoms with Gasteiger partial charge in [-0.05, 0) is 41.9 Å². The van der Waals surface area contributed by atoms with Gasteiger partial charge in [0.1, 0.15) is 0 Å². The summed E-state index contributed by atoms with van der Waals surface area (Å²) < 4.78 is 0. The lowest BCUT2D eigenvalue weighted by Gasteiger charge is -2.39. The Morgan fingerprint density at radius 2 is 1.64 bits per heavy atom. The van der Waals surface area contributed by atoms with Gasteiger partial charge in [0, 0.05) is 18.5 Å². The third kappa shape index (κ3) is 4.50. The van der Waals surface area contributed by atoms with Gasteiger partial charge in [0.05, 0.1) is 6.73 Å². The van der Waals surface area contributed by atoms with Crippen LogP contribution in [-0.2, 0) is 6.42 Å². The van der Waals surface area contributed by atoms with Crippen molar-refractivity contribution >= 4 is 0 Å². The smallest absolute Gasteiger partial charge is 0.0959 e. The van der Waals surface area contributed by atoms with Crippen LogP contribution in [-0.4, -0.2) is 29.3 Å². The molecule has 0 spiro atoms. The Morgan fingerprint density at radius 1 is 0.960 bits per heavy atom. The summed E-state index contributed by atoms with van der Waals surface area (Å²) in [6, 6.07) is 20.4. The van der Waals surface area contributed by atoms with E-state index in [0.29, 0.717) is 17.9 Å². The molecule has 0 aromatic heterocycles. The molecule has 0 aliphatic carbocycles. The molecule has 2 aromatic carbocycles. The molecule has 1 aliphatic heterocycles. The fourth-order valence-corrected chi connectivity index (χ4v) is 4.12. The Labute approximate surface area is 152 Å². The van der Waals surface area contributed by atoms with Crippen molar-refractivity contribution < 1.29 is 5.11 Å². The summed E-state index contributed by atoms with van der Waals surface area (Å²) in [5, 5.41) is 9.87. The molecule has 0 bridgehead atoms. The minimum Gasteiger partial charge on any atom is -0.381 e. The quantitative estimate of drug-likeness (QED) is 0.807. The van der Waals surface area contributed by atoms with Crippen LogP contribution in [0.2, 0.25) is 0 Å². The number of rotatable bonds is 6. The van der Waals surface area contributed by atoms with Gasteiger partial charge in [-0.1, -0.05) is 74.9 Å². The first-order valence-electron chi connectivity index (χ1n) is 9.67. The van der Waals surface area contributed by atoms with Crippen molar-refractivity contribution in [2.75, 3.05) is 13.3 Å². The lowest BCUT2D eigenvalue weighted by Crippen LogP contribution is -2.44. The van der Waals surface area contributed by atoms with E-state index in [1.165, 1.54) is 36.0 Å². The maximum atomic E-state index is 9.87. The van der Waals surface area contributed by atoms with E-state index in [4.69, 9.17) is 0 Å². The molecule has 2 nitrogen and oxygen atoms in total. The highest BCUT2D eigenvalue weighted by Gasteiger charge is 2.30. The Hall–Kier alpha value is -1.64. The number of benzene rings is 2. The van der Waals surface area contributed by atoms with Crippen molar-refractivity contribution in [3.05, 3.63) is 71.3 Å². The third-order valence-corrected chi connectivity index (χ3v) is 5.64. The van der Waals surface area contributed by atoms with E-state index < -0.39 is 0 Å². The van der Waals surface area contributed by atoms with Crippen molar-refractivity contribution in [1.29, 1.82) is 0 Å². The Bertz CT molecular complexity index is 635. The minimum absolute atomic E-state index is 0.167. The Balaban J connectivity index is 1.90. The van der Waals surface area contributed by atoms with Crippen LogP contribution in [0.25, 0.3) is 0 Å². The fraction of sp³-hybridized carbons (Fsp3) is 0.478. The highest BCUT2D eigenvalue weighted by Crippen LogP contribution is 2.33. The Kier molecular flexibility index (Phi) is 6.28. The molecule has 1 fully saturated rings. The van der Waals surface area contributed by atoms with E-state index in [0.717, 1.165) is 13.0 Å². The van der Waals surface area contributed by atoms with Gasteiger partial charge in [0.2, 0.25) is 0 Å². The number of hydrogen-bond donors (Lipinski definition) is 1. The van der Waals surface area contributed by atoms with Gasteiger partial charge >= 0.3 is 0 Å². The van der Waals surface area contributed by atoms with Crippen molar-refractivity contribution in [1.82, 2.24) is 4.90 Å². The summed E-state index contributed by atoms with van der Waals surface area (Å²) in [4.78, 5) is 2.27. The molecule has 0 radical (unpaired) electrons. The maximum absolute atomic E-state index is 9.87. The standard InChI is InChI=1S/C23H31NO/c1-18(2)20-11-13-21(14-12-20)22(16-19-8-4-3-5-9-19)23-10-6-7-15-24(23)17-25/h3-5,8-9,11-14,18,22-23,25H,6-7,10,15-17H2,1-2H3. The summed E-state index contributed by atoms with van der Waals surface area (Å²) in [7, 11) is 0. The van der Waals surface area contributed by atoms with Crippen LogP contribution in [0.1, 0.15) is 61.6 Å². The monoisotopic (exact) mass is 337 g/mol. The molecule has 3 rings (SSSR count). The highest BCUT2D eigenvalue weighted by molar-refractivity contribution is 5.30. The van der Waals surface area contributed by atoms with Gasteiger partial charge in [0.15, 0.2) is 0 Å². The lowest BCUT2D eigenvalue weighted by atomic mass is 9.81. The van der Waals surface area contributed by atoms with Crippen LogP contribution in [0.15, 0.2) is 54.6 Å². The Morgan fingerprint density at radius 3 is 2.28 bits per heavy atom. The van der Waals surface area contributed by atoms with Gasteiger partial charge in [-0.2, -0.15) is 0 Å². The molecule has 134 valence electrons. The predicted octanol–water partition coefficient (Wildman–Crippen LogP) is 4.94. The predicted molar refractivity (Wildman–Crippen MR) is 105 cm³/mol. The van der Waals surface area contributed by atoms with Crippen LogP contribution in [0.5, 0.6) is 0 Å². The van der Waals surface area contributed by atoms with Crippen molar-refractivity contribution in [2.45, 2.75) is 57.4 Å².